The fourth-order valence-corrected chi connectivity index (χ4v) is 12.4. The Morgan fingerprint density at radius 2 is 1.20 bits per heavy atom. The van der Waals surface area contributed by atoms with Crippen LogP contribution in [0.3, 0.4) is 0 Å². The quantitative estimate of drug-likeness (QED) is 0.317. The molecule has 0 radical (unpaired) electrons. The van der Waals surface area contributed by atoms with E-state index in [0.717, 1.165) is 59.8 Å². The average molecular weight is 568 g/mol. The Hall–Kier alpha value is -0.0400. The van der Waals surface area contributed by atoms with Gasteiger partial charge in [-0.05, 0) is 165 Å². The zero-order chi connectivity index (χ0) is 29.6. The molecule has 5 aliphatic rings. The SMILES string of the molecule is CCC1(C)CCC(C2CC(C3CCCC(C)(C)C3)CC(C3CC(C4CCCC(C)(C)C4)CCC3(C)CN)CC2C)C1. The van der Waals surface area contributed by atoms with Crippen LogP contribution < -0.4 is 5.73 Å². The highest BCUT2D eigenvalue weighted by Crippen LogP contribution is 2.59. The summed E-state index contributed by atoms with van der Waals surface area (Å²) in [6.07, 6.45) is 26.6. The van der Waals surface area contributed by atoms with Gasteiger partial charge < -0.3 is 5.73 Å². The Kier molecular flexibility index (Phi) is 9.78. The minimum absolute atomic E-state index is 0.357. The van der Waals surface area contributed by atoms with Gasteiger partial charge in [-0.15, -0.1) is 0 Å². The van der Waals surface area contributed by atoms with Gasteiger partial charge in [0.25, 0.3) is 0 Å². The van der Waals surface area contributed by atoms with Crippen LogP contribution in [0.2, 0.25) is 0 Å². The van der Waals surface area contributed by atoms with Crippen molar-refractivity contribution >= 4 is 0 Å². The third-order valence-electron chi connectivity index (χ3n) is 15.3. The smallest absolute Gasteiger partial charge is 0.00204 e. The fourth-order valence-electron chi connectivity index (χ4n) is 12.4. The topological polar surface area (TPSA) is 26.0 Å². The van der Waals surface area contributed by atoms with Crippen LogP contribution in [0.15, 0.2) is 0 Å². The molecule has 0 bridgehead atoms. The molecule has 0 saturated heterocycles. The van der Waals surface area contributed by atoms with E-state index in [0.29, 0.717) is 21.7 Å². The van der Waals surface area contributed by atoms with E-state index in [1.165, 1.54) is 109 Å². The zero-order valence-electron chi connectivity index (χ0n) is 29.2. The van der Waals surface area contributed by atoms with Crippen molar-refractivity contribution in [3.05, 3.63) is 0 Å². The van der Waals surface area contributed by atoms with E-state index in [1.54, 1.807) is 6.42 Å². The molecule has 11 atom stereocenters. The van der Waals surface area contributed by atoms with Crippen LogP contribution in [-0.4, -0.2) is 6.54 Å². The normalized spacial score (nSPS) is 49.0. The van der Waals surface area contributed by atoms with Crippen LogP contribution in [0.5, 0.6) is 0 Å². The molecule has 238 valence electrons. The second kappa shape index (κ2) is 12.4. The fraction of sp³-hybridized carbons (Fsp3) is 1.00. The third-order valence-corrected chi connectivity index (χ3v) is 15.3. The Bertz CT molecular complexity index is 857. The molecule has 11 unspecified atom stereocenters. The van der Waals surface area contributed by atoms with E-state index < -0.39 is 0 Å². The van der Waals surface area contributed by atoms with Crippen molar-refractivity contribution in [1.82, 2.24) is 0 Å². The van der Waals surface area contributed by atoms with E-state index in [1.807, 2.05) is 0 Å². The summed E-state index contributed by atoms with van der Waals surface area (Å²) in [5, 5.41) is 0. The number of hydrogen-bond donors (Lipinski definition) is 1. The van der Waals surface area contributed by atoms with Gasteiger partial charge in [0.05, 0.1) is 0 Å². The second-order valence-electron chi connectivity index (χ2n) is 19.6. The third kappa shape index (κ3) is 7.28. The van der Waals surface area contributed by atoms with Gasteiger partial charge in [-0.1, -0.05) is 87.5 Å². The first-order chi connectivity index (χ1) is 19.3. The summed E-state index contributed by atoms with van der Waals surface area (Å²) in [4.78, 5) is 0. The average Bonchev–Trinajstić information content (AvgIpc) is 3.22. The molecule has 0 amide bonds. The highest BCUT2D eigenvalue weighted by molar-refractivity contribution is 5.00. The lowest BCUT2D eigenvalue weighted by Crippen LogP contribution is -2.46. The van der Waals surface area contributed by atoms with Crippen molar-refractivity contribution in [3.63, 3.8) is 0 Å². The molecule has 0 aromatic heterocycles. The summed E-state index contributed by atoms with van der Waals surface area (Å²) in [7, 11) is 0. The molecule has 0 heterocycles. The minimum Gasteiger partial charge on any atom is -0.330 e. The Morgan fingerprint density at radius 1 is 0.585 bits per heavy atom. The van der Waals surface area contributed by atoms with Crippen LogP contribution in [-0.2, 0) is 0 Å². The molecular weight excluding hydrogens is 494 g/mol. The van der Waals surface area contributed by atoms with Crippen molar-refractivity contribution in [2.24, 2.45) is 80.7 Å². The van der Waals surface area contributed by atoms with Crippen molar-refractivity contribution in [1.29, 1.82) is 0 Å². The van der Waals surface area contributed by atoms with Crippen molar-refractivity contribution in [2.75, 3.05) is 6.54 Å². The number of hydrogen-bond acceptors (Lipinski definition) is 1. The first-order valence-corrected chi connectivity index (χ1v) is 19.0. The summed E-state index contributed by atoms with van der Waals surface area (Å²) in [6.45, 7) is 21.6. The summed E-state index contributed by atoms with van der Waals surface area (Å²) in [5.41, 5.74) is 8.84. The van der Waals surface area contributed by atoms with Gasteiger partial charge in [0.1, 0.15) is 0 Å². The highest BCUT2D eigenvalue weighted by atomic mass is 14.6. The predicted molar refractivity (Wildman–Crippen MR) is 179 cm³/mol. The maximum absolute atomic E-state index is 6.76. The molecular formula is C40H73N. The number of nitrogens with two attached hydrogens (primary N) is 1. The molecule has 1 nitrogen and oxygen atoms in total. The van der Waals surface area contributed by atoms with Crippen LogP contribution in [0, 0.1) is 74.9 Å². The van der Waals surface area contributed by atoms with Crippen LogP contribution in [0.25, 0.3) is 0 Å². The molecule has 5 fully saturated rings. The summed E-state index contributed by atoms with van der Waals surface area (Å²) in [5.74, 6) is 8.44. The van der Waals surface area contributed by atoms with E-state index in [4.69, 9.17) is 5.73 Å². The van der Waals surface area contributed by atoms with E-state index in [9.17, 15) is 0 Å². The molecule has 5 rings (SSSR count). The molecule has 41 heavy (non-hydrogen) atoms. The second-order valence-corrected chi connectivity index (χ2v) is 19.6. The van der Waals surface area contributed by atoms with Crippen LogP contribution >= 0.6 is 0 Å². The molecule has 0 aliphatic heterocycles. The van der Waals surface area contributed by atoms with Gasteiger partial charge in [0.15, 0.2) is 0 Å². The maximum atomic E-state index is 6.76. The van der Waals surface area contributed by atoms with E-state index >= 15 is 0 Å². The van der Waals surface area contributed by atoms with Gasteiger partial charge in [-0.25, -0.2) is 0 Å². The summed E-state index contributed by atoms with van der Waals surface area (Å²) in [6, 6.07) is 0. The monoisotopic (exact) mass is 568 g/mol. The van der Waals surface area contributed by atoms with Crippen molar-refractivity contribution in [2.45, 2.75) is 171 Å². The minimum atomic E-state index is 0.357. The molecule has 0 aromatic carbocycles. The van der Waals surface area contributed by atoms with Gasteiger partial charge in [-0.3, -0.25) is 0 Å². The summed E-state index contributed by atoms with van der Waals surface area (Å²) >= 11 is 0. The molecule has 2 N–H and O–H groups in total. The highest BCUT2D eigenvalue weighted by Gasteiger charge is 2.50. The van der Waals surface area contributed by atoms with Gasteiger partial charge in [0.2, 0.25) is 0 Å². The van der Waals surface area contributed by atoms with Crippen LogP contribution in [0.1, 0.15) is 171 Å². The lowest BCUT2D eigenvalue weighted by atomic mass is 9.54. The number of rotatable bonds is 6. The maximum Gasteiger partial charge on any atom is -0.00204 e. The molecule has 5 aliphatic carbocycles. The lowest BCUT2D eigenvalue weighted by Gasteiger charge is -2.51. The predicted octanol–water partition coefficient (Wildman–Crippen LogP) is 11.7. The standard InChI is InChI=1S/C40H73N/c1-9-39(7)18-14-32(26-39)35-22-33(31-13-11-17-38(5,6)25-31)21-34(20-28(35)2)36-23-29(15-19-40(36,8)27-41)30-12-10-16-37(3,4)24-30/h28-36H,9-27,41H2,1-8H3. The first-order valence-electron chi connectivity index (χ1n) is 19.0. The molecule has 1 heteroatoms. The first kappa shape index (κ1) is 32.4. The largest absolute Gasteiger partial charge is 0.330 e. The van der Waals surface area contributed by atoms with Gasteiger partial charge >= 0.3 is 0 Å². The summed E-state index contributed by atoms with van der Waals surface area (Å²) < 4.78 is 0. The Morgan fingerprint density at radius 3 is 1.76 bits per heavy atom. The van der Waals surface area contributed by atoms with Crippen molar-refractivity contribution in [3.8, 4) is 0 Å². The molecule has 0 spiro atoms. The Balaban J connectivity index is 1.41. The molecule has 0 aromatic rings. The van der Waals surface area contributed by atoms with Gasteiger partial charge in [-0.2, -0.15) is 0 Å². The van der Waals surface area contributed by atoms with Crippen molar-refractivity contribution < 1.29 is 0 Å². The van der Waals surface area contributed by atoms with Gasteiger partial charge in [0, 0.05) is 0 Å². The van der Waals surface area contributed by atoms with Crippen LogP contribution in [0.4, 0.5) is 0 Å². The van der Waals surface area contributed by atoms with E-state index in [-0.39, 0.29) is 0 Å². The zero-order valence-corrected chi connectivity index (χ0v) is 29.2. The Labute approximate surface area is 257 Å². The van der Waals surface area contributed by atoms with E-state index in [2.05, 4.69) is 55.4 Å². The molecule has 5 saturated carbocycles. The lowest BCUT2D eigenvalue weighted by molar-refractivity contribution is -0.00829.